The van der Waals surface area contributed by atoms with Crippen LogP contribution in [-0.2, 0) is 4.74 Å². The molecule has 3 heteroatoms. The maximum absolute atomic E-state index is 5.68. The van der Waals surface area contributed by atoms with Gasteiger partial charge in [-0.3, -0.25) is 0 Å². The summed E-state index contributed by atoms with van der Waals surface area (Å²) in [6.07, 6.45) is 0. The van der Waals surface area contributed by atoms with E-state index in [0.717, 1.165) is 18.9 Å². The lowest BCUT2D eigenvalue weighted by Crippen LogP contribution is -2.31. The van der Waals surface area contributed by atoms with Crippen molar-refractivity contribution in [1.82, 2.24) is 0 Å². The summed E-state index contributed by atoms with van der Waals surface area (Å²) in [4.78, 5) is 0. The lowest BCUT2D eigenvalue weighted by atomic mass is 9.92. The summed E-state index contributed by atoms with van der Waals surface area (Å²) in [6, 6.07) is 0. The van der Waals surface area contributed by atoms with E-state index in [4.69, 9.17) is 10.5 Å². The molecule has 0 aromatic rings. The van der Waals surface area contributed by atoms with E-state index in [2.05, 4.69) is 20.8 Å². The van der Waals surface area contributed by atoms with Crippen molar-refractivity contribution in [3.8, 4) is 0 Å². The molecular weight excluding hydrogens is 170 g/mol. The fourth-order valence-electron chi connectivity index (χ4n) is 0.945. The van der Waals surface area contributed by atoms with Gasteiger partial charge in [0.2, 0.25) is 0 Å². The van der Waals surface area contributed by atoms with Gasteiger partial charge in [-0.05, 0) is 5.41 Å². The molecule has 0 aliphatic heterocycles. The average Bonchev–Trinajstić information content (AvgIpc) is 1.95. The van der Waals surface area contributed by atoms with E-state index in [1.165, 1.54) is 0 Å². The molecule has 0 amide bonds. The first-order valence-electron chi connectivity index (χ1n) is 4.33. The number of methoxy groups -OCH3 is 1. The van der Waals surface area contributed by atoms with E-state index in [9.17, 15) is 0 Å². The molecule has 0 saturated carbocycles. The summed E-state index contributed by atoms with van der Waals surface area (Å²) in [6.45, 7) is 8.24. The topological polar surface area (TPSA) is 35.2 Å². The SMILES string of the molecule is COCCSC(CN)C(C)(C)C. The van der Waals surface area contributed by atoms with Gasteiger partial charge in [0, 0.05) is 24.7 Å². The van der Waals surface area contributed by atoms with Crippen molar-refractivity contribution in [1.29, 1.82) is 0 Å². The Balaban J connectivity index is 3.68. The van der Waals surface area contributed by atoms with Crippen LogP contribution in [0.2, 0.25) is 0 Å². The van der Waals surface area contributed by atoms with Crippen LogP contribution < -0.4 is 5.73 Å². The minimum absolute atomic E-state index is 0.299. The second kappa shape index (κ2) is 5.84. The minimum Gasteiger partial charge on any atom is -0.384 e. The number of ether oxygens (including phenoxy) is 1. The predicted molar refractivity (Wildman–Crippen MR) is 56.6 cm³/mol. The van der Waals surface area contributed by atoms with E-state index in [1.807, 2.05) is 11.8 Å². The highest BCUT2D eigenvalue weighted by Gasteiger charge is 2.22. The highest BCUT2D eigenvalue weighted by Crippen LogP contribution is 2.29. The molecule has 0 aromatic heterocycles. The molecule has 0 bridgehead atoms. The third-order valence-corrected chi connectivity index (χ3v) is 3.49. The van der Waals surface area contributed by atoms with E-state index >= 15 is 0 Å². The molecule has 1 atom stereocenters. The quantitative estimate of drug-likeness (QED) is 0.672. The molecule has 0 aliphatic carbocycles. The molecular formula is C9H21NOS. The van der Waals surface area contributed by atoms with Crippen LogP contribution in [0.15, 0.2) is 0 Å². The third-order valence-electron chi connectivity index (χ3n) is 1.79. The lowest BCUT2D eigenvalue weighted by Gasteiger charge is -2.28. The zero-order valence-corrected chi connectivity index (χ0v) is 9.41. The summed E-state index contributed by atoms with van der Waals surface area (Å²) in [5, 5.41) is 0.535. The molecule has 12 heavy (non-hydrogen) atoms. The molecule has 2 N–H and O–H groups in total. The van der Waals surface area contributed by atoms with Gasteiger partial charge < -0.3 is 10.5 Å². The first kappa shape index (κ1) is 12.3. The van der Waals surface area contributed by atoms with Crippen LogP contribution in [0.3, 0.4) is 0 Å². The van der Waals surface area contributed by atoms with Crippen LogP contribution >= 0.6 is 11.8 Å². The van der Waals surface area contributed by atoms with Gasteiger partial charge in [-0.15, -0.1) is 0 Å². The molecule has 1 unspecified atom stereocenters. The molecule has 2 nitrogen and oxygen atoms in total. The Morgan fingerprint density at radius 2 is 2.00 bits per heavy atom. The minimum atomic E-state index is 0.299. The summed E-state index contributed by atoms with van der Waals surface area (Å²) in [5.41, 5.74) is 5.98. The Kier molecular flexibility index (Phi) is 5.97. The maximum atomic E-state index is 5.68. The second-order valence-electron chi connectivity index (χ2n) is 3.95. The van der Waals surface area contributed by atoms with Gasteiger partial charge in [-0.1, -0.05) is 20.8 Å². The highest BCUT2D eigenvalue weighted by molar-refractivity contribution is 8.00. The van der Waals surface area contributed by atoms with Crippen LogP contribution in [0.5, 0.6) is 0 Å². The van der Waals surface area contributed by atoms with Crippen molar-refractivity contribution in [3.05, 3.63) is 0 Å². The van der Waals surface area contributed by atoms with E-state index in [0.29, 0.717) is 10.7 Å². The fourth-order valence-corrected chi connectivity index (χ4v) is 2.13. The fraction of sp³-hybridized carbons (Fsp3) is 1.00. The molecule has 0 aromatic carbocycles. The van der Waals surface area contributed by atoms with Gasteiger partial charge in [-0.25, -0.2) is 0 Å². The summed E-state index contributed by atoms with van der Waals surface area (Å²) in [7, 11) is 1.73. The van der Waals surface area contributed by atoms with Gasteiger partial charge in [0.05, 0.1) is 6.61 Å². The zero-order valence-electron chi connectivity index (χ0n) is 8.59. The first-order chi connectivity index (χ1) is 5.52. The van der Waals surface area contributed by atoms with Crippen LogP contribution in [0.4, 0.5) is 0 Å². The number of hydrogen-bond acceptors (Lipinski definition) is 3. The molecule has 0 aliphatic rings. The second-order valence-corrected chi connectivity index (χ2v) is 5.26. The summed E-state index contributed by atoms with van der Waals surface area (Å²) < 4.78 is 4.99. The predicted octanol–water partition coefficient (Wildman–Crippen LogP) is 1.74. The van der Waals surface area contributed by atoms with Crippen molar-refractivity contribution in [2.24, 2.45) is 11.1 Å². The van der Waals surface area contributed by atoms with Crippen LogP contribution in [0.25, 0.3) is 0 Å². The average molecular weight is 191 g/mol. The van der Waals surface area contributed by atoms with Crippen LogP contribution in [0, 0.1) is 5.41 Å². The molecule has 0 saturated heterocycles. The van der Waals surface area contributed by atoms with Crippen molar-refractivity contribution >= 4 is 11.8 Å². The molecule has 0 heterocycles. The van der Waals surface area contributed by atoms with E-state index < -0.39 is 0 Å². The van der Waals surface area contributed by atoms with Gasteiger partial charge in [-0.2, -0.15) is 11.8 Å². The van der Waals surface area contributed by atoms with E-state index in [1.54, 1.807) is 7.11 Å². The van der Waals surface area contributed by atoms with E-state index in [-0.39, 0.29) is 0 Å². The Labute approximate surface area is 80.2 Å². The molecule has 0 spiro atoms. The zero-order chi connectivity index (χ0) is 9.61. The number of thioether (sulfide) groups is 1. The molecule has 0 rings (SSSR count). The Bertz CT molecular complexity index is 112. The normalized spacial score (nSPS) is 14.8. The van der Waals surface area contributed by atoms with Gasteiger partial charge in [0.25, 0.3) is 0 Å². The largest absolute Gasteiger partial charge is 0.384 e. The van der Waals surface area contributed by atoms with Crippen LogP contribution in [0.1, 0.15) is 20.8 Å². The van der Waals surface area contributed by atoms with Gasteiger partial charge in [0.15, 0.2) is 0 Å². The Morgan fingerprint density at radius 1 is 1.42 bits per heavy atom. The monoisotopic (exact) mass is 191 g/mol. The number of hydrogen-bond donors (Lipinski definition) is 1. The molecule has 0 radical (unpaired) electrons. The molecule has 0 fully saturated rings. The lowest BCUT2D eigenvalue weighted by molar-refractivity contribution is 0.218. The smallest absolute Gasteiger partial charge is 0.0553 e. The van der Waals surface area contributed by atoms with Crippen molar-refractivity contribution in [2.75, 3.05) is 26.0 Å². The van der Waals surface area contributed by atoms with Crippen molar-refractivity contribution in [3.63, 3.8) is 0 Å². The highest BCUT2D eigenvalue weighted by atomic mass is 32.2. The number of nitrogens with two attached hydrogens (primary N) is 1. The number of rotatable bonds is 5. The van der Waals surface area contributed by atoms with Gasteiger partial charge >= 0.3 is 0 Å². The first-order valence-corrected chi connectivity index (χ1v) is 5.38. The maximum Gasteiger partial charge on any atom is 0.0553 e. The summed E-state index contributed by atoms with van der Waals surface area (Å²) >= 11 is 1.90. The van der Waals surface area contributed by atoms with Crippen molar-refractivity contribution in [2.45, 2.75) is 26.0 Å². The standard InChI is InChI=1S/C9H21NOS/c1-9(2,3)8(7-10)12-6-5-11-4/h8H,5-7,10H2,1-4H3. The Morgan fingerprint density at radius 3 is 2.33 bits per heavy atom. The summed E-state index contributed by atoms with van der Waals surface area (Å²) in [5.74, 6) is 1.04. The molecule has 74 valence electrons. The van der Waals surface area contributed by atoms with Crippen LogP contribution in [-0.4, -0.2) is 31.3 Å². The van der Waals surface area contributed by atoms with Crippen molar-refractivity contribution < 1.29 is 4.74 Å². The Hall–Kier alpha value is 0.270. The third kappa shape index (κ3) is 5.01. The van der Waals surface area contributed by atoms with Gasteiger partial charge in [0.1, 0.15) is 0 Å².